The first-order chi connectivity index (χ1) is 63.0. The highest BCUT2D eigenvalue weighted by Gasteiger charge is 2.43. The van der Waals surface area contributed by atoms with Crippen molar-refractivity contribution in [1.29, 1.82) is 0 Å². The van der Waals surface area contributed by atoms with Crippen LogP contribution < -0.4 is 83.2 Å². The molecule has 3 saturated heterocycles. The first kappa shape index (κ1) is 89.0. The van der Waals surface area contributed by atoms with E-state index in [1.165, 1.54) is 11.4 Å². The number of likely N-dealkylation sites (N-methyl/N-ethyl adjacent to an activating group) is 3. The fraction of sp³-hybridized carbons (Fsp3) is 0.320. The van der Waals surface area contributed by atoms with Crippen LogP contribution in [-0.2, 0) is 19.5 Å². The molecule has 8 aromatic carbocycles. The molecule has 12 aromatic rings. The Balaban J connectivity index is 0.000000143. The van der Waals surface area contributed by atoms with Crippen LogP contribution in [0.1, 0.15) is 74.4 Å². The van der Waals surface area contributed by atoms with Crippen molar-refractivity contribution in [1.82, 2.24) is 49.6 Å². The van der Waals surface area contributed by atoms with Gasteiger partial charge >= 0.3 is 18.1 Å². The molecule has 0 saturated carbocycles. The van der Waals surface area contributed by atoms with E-state index in [1.54, 1.807) is 116 Å². The van der Waals surface area contributed by atoms with Gasteiger partial charge in [0.2, 0.25) is 11.9 Å². The minimum Gasteiger partial charge on any atom is -0.497 e. The van der Waals surface area contributed by atoms with E-state index >= 15 is 0 Å². The van der Waals surface area contributed by atoms with E-state index in [0.29, 0.717) is 106 Å². The number of fused-ring (bicyclic) bond motifs is 3. The number of benzene rings is 8. The lowest BCUT2D eigenvalue weighted by Gasteiger charge is -2.41. The van der Waals surface area contributed by atoms with Crippen molar-refractivity contribution in [3.8, 4) is 34.5 Å². The number of ether oxygens (including phenoxy) is 6. The average Bonchev–Trinajstić information content (AvgIpc) is 0.749. The molecule has 6 aliphatic rings. The van der Waals surface area contributed by atoms with Gasteiger partial charge in [0.1, 0.15) is 46.1 Å². The van der Waals surface area contributed by atoms with Gasteiger partial charge in [0.15, 0.2) is 17.5 Å². The summed E-state index contributed by atoms with van der Waals surface area (Å²) in [5.74, 6) is 6.91. The fourth-order valence-corrected chi connectivity index (χ4v) is 17.6. The summed E-state index contributed by atoms with van der Waals surface area (Å²) in [4.78, 5) is 101. The topological polar surface area (TPSA) is 260 Å². The number of aromatic nitrogens is 7. The highest BCUT2D eigenvalue weighted by Crippen LogP contribution is 2.48. The molecular weight excluding hydrogens is 1640 g/mol. The molecule has 0 bridgehead atoms. The number of anilines is 16. The van der Waals surface area contributed by atoms with Crippen LogP contribution in [0.15, 0.2) is 195 Å². The third-order valence-corrected chi connectivity index (χ3v) is 24.9. The van der Waals surface area contributed by atoms with Gasteiger partial charge in [0.25, 0.3) is 0 Å². The number of urea groups is 3. The lowest BCUT2D eigenvalue weighted by molar-refractivity contribution is 0.249. The minimum absolute atomic E-state index is 0.203. The second-order valence-corrected chi connectivity index (χ2v) is 33.5. The van der Waals surface area contributed by atoms with Gasteiger partial charge in [-0.05, 0) is 193 Å². The Bertz CT molecular complexity index is 6040. The summed E-state index contributed by atoms with van der Waals surface area (Å²) in [5, 5.41) is 6.66. The Morgan fingerprint density at radius 3 is 1.25 bits per heavy atom. The molecule has 0 aliphatic carbocycles. The Morgan fingerprint density at radius 1 is 0.377 bits per heavy atom. The summed E-state index contributed by atoms with van der Waals surface area (Å²) >= 11 is 0. The molecule has 0 spiro atoms. The van der Waals surface area contributed by atoms with Crippen LogP contribution in [0.4, 0.5) is 106 Å². The Morgan fingerprint density at radius 2 is 0.808 bits per heavy atom. The van der Waals surface area contributed by atoms with E-state index in [-0.39, 0.29) is 24.1 Å². The van der Waals surface area contributed by atoms with Crippen LogP contribution >= 0.6 is 0 Å². The lowest BCUT2D eigenvalue weighted by atomic mass is 10.0. The van der Waals surface area contributed by atoms with E-state index in [2.05, 4.69) is 119 Å². The van der Waals surface area contributed by atoms with Crippen molar-refractivity contribution in [2.75, 3.05) is 197 Å². The van der Waals surface area contributed by atoms with Crippen LogP contribution in [0.5, 0.6) is 34.5 Å². The van der Waals surface area contributed by atoms with Crippen LogP contribution in [0.3, 0.4) is 0 Å². The maximum atomic E-state index is 14.5. The summed E-state index contributed by atoms with van der Waals surface area (Å²) in [6.45, 7) is 27.1. The zero-order chi connectivity index (χ0) is 91.1. The summed E-state index contributed by atoms with van der Waals surface area (Å²) in [7, 11) is 16.1. The number of piperazine rings is 3. The standard InChI is InChI=1S/C34H39N7O4.C33H37N7O3.C33H37N7O2/c1-22-8-7-9-23(2)31(22)40-21-24-20-35-33(36-27-12-10-25(18-29(27)44-5)39-16-14-38(3)15-17-39)37-32(24)41(34(40)42)28-13-11-26(43-4)19-30(28)45-6;1-22-7-6-8-23(2)30(22)39-21-24-20-34-32(35-25-9-11-26(12-10-25)38-17-15-37(3)16-18-38)36-31(24)40(33(39)41)28-14-13-27(42-4)19-29(28)43-5;1-22-7-6-8-23(2)31(22)39-24(3)28-21-34-29(19-25-9-11-26(12-10-25)38-17-15-37(4)16-18-38)36-32(28)40(33(39)41)30-14-13-27(42-5)20-35-30/h7-13,18-20H,14-17,21H2,1-6H3,(H,35,36,37);6-14,19-20H,15-18,21H2,1-5H3,(H,34,35,36);6-14,20-21,24H,15-19H2,1-5H3. The zero-order valence-corrected chi connectivity index (χ0v) is 76.8. The molecule has 1 atom stereocenters. The smallest absolute Gasteiger partial charge is 0.336 e. The monoisotopic (exact) mass is 1750 g/mol. The van der Waals surface area contributed by atoms with Gasteiger partial charge in [-0.3, -0.25) is 14.7 Å². The van der Waals surface area contributed by atoms with Crippen molar-refractivity contribution >= 4 is 110 Å². The number of hydrogen-bond acceptors (Lipinski definition) is 24. The van der Waals surface area contributed by atoms with Crippen molar-refractivity contribution in [2.45, 2.75) is 74.0 Å². The lowest BCUT2D eigenvalue weighted by Crippen LogP contribution is -2.48. The highest BCUT2D eigenvalue weighted by atomic mass is 16.5. The summed E-state index contributed by atoms with van der Waals surface area (Å²) in [6, 6.07) is 54.6. The number of carbonyl (C=O) groups excluding carboxylic acids is 3. The van der Waals surface area contributed by atoms with Gasteiger partial charge in [-0.25, -0.2) is 54.0 Å². The molecule has 2 N–H and O–H groups in total. The Kier molecular flexibility index (Phi) is 26.8. The van der Waals surface area contributed by atoms with Crippen LogP contribution in [0, 0.1) is 41.5 Å². The molecule has 10 heterocycles. The first-order valence-electron chi connectivity index (χ1n) is 43.8. The minimum atomic E-state index is -0.265. The number of para-hydroxylation sites is 3. The zero-order valence-electron chi connectivity index (χ0n) is 76.8. The third kappa shape index (κ3) is 18.7. The normalized spacial score (nSPS) is 16.0. The van der Waals surface area contributed by atoms with E-state index in [0.717, 1.165) is 168 Å². The molecule has 30 nitrogen and oxygen atoms in total. The van der Waals surface area contributed by atoms with Crippen LogP contribution in [0.25, 0.3) is 0 Å². The van der Waals surface area contributed by atoms with Gasteiger partial charge in [0.05, 0.1) is 102 Å². The number of hydrogen-bond donors (Lipinski definition) is 2. The molecular formula is C100H113N21O9. The molecule has 30 heteroatoms. The summed E-state index contributed by atoms with van der Waals surface area (Å²) in [6.07, 6.45) is 7.60. The maximum Gasteiger partial charge on any atom is 0.336 e. The van der Waals surface area contributed by atoms with Gasteiger partial charge in [-0.1, -0.05) is 66.7 Å². The molecule has 672 valence electrons. The van der Waals surface area contributed by atoms with E-state index in [9.17, 15) is 14.4 Å². The van der Waals surface area contributed by atoms with Crippen molar-refractivity contribution < 1.29 is 42.8 Å². The quantitative estimate of drug-likeness (QED) is 0.0677. The number of rotatable bonds is 21. The van der Waals surface area contributed by atoms with Gasteiger partial charge in [-0.15, -0.1) is 0 Å². The van der Waals surface area contributed by atoms with Crippen LogP contribution in [0.2, 0.25) is 0 Å². The second kappa shape index (κ2) is 39.1. The maximum absolute atomic E-state index is 14.5. The molecule has 130 heavy (non-hydrogen) atoms. The second-order valence-electron chi connectivity index (χ2n) is 33.5. The summed E-state index contributed by atoms with van der Waals surface area (Å²) in [5.41, 5.74) is 18.5. The highest BCUT2D eigenvalue weighted by molar-refractivity contribution is 6.14. The number of nitrogens with zero attached hydrogens (tertiary/aromatic N) is 19. The summed E-state index contributed by atoms with van der Waals surface area (Å²) < 4.78 is 33.4. The predicted octanol–water partition coefficient (Wildman–Crippen LogP) is 17.5. The Hall–Kier alpha value is -14.4. The molecule has 6 amide bonds. The van der Waals surface area contributed by atoms with Crippen molar-refractivity contribution in [2.24, 2.45) is 0 Å². The van der Waals surface area contributed by atoms with E-state index < -0.39 is 0 Å². The Labute approximate surface area is 760 Å². The van der Waals surface area contributed by atoms with Crippen LogP contribution in [-0.4, -0.2) is 210 Å². The number of carbonyl (C=O) groups is 3. The molecule has 1 unspecified atom stereocenters. The number of aryl methyl sites for hydroxylation is 6. The molecule has 3 fully saturated rings. The van der Waals surface area contributed by atoms with Gasteiger partial charge in [0, 0.05) is 161 Å². The number of pyridine rings is 1. The number of amides is 6. The van der Waals surface area contributed by atoms with Gasteiger partial charge in [-0.2, -0.15) is 9.97 Å². The fourth-order valence-electron chi connectivity index (χ4n) is 17.6. The first-order valence-corrected chi connectivity index (χ1v) is 43.8. The van der Waals surface area contributed by atoms with Gasteiger partial charge < -0.3 is 68.5 Å². The van der Waals surface area contributed by atoms with Crippen molar-refractivity contribution in [3.05, 3.63) is 256 Å². The number of methoxy groups -OCH3 is 6. The van der Waals surface area contributed by atoms with E-state index in [1.807, 2.05) is 157 Å². The largest absolute Gasteiger partial charge is 0.497 e. The number of nitrogens with one attached hydrogen (secondary N) is 2. The average molecular weight is 1750 g/mol. The van der Waals surface area contributed by atoms with E-state index in [4.69, 9.17) is 48.4 Å². The predicted molar refractivity (Wildman–Crippen MR) is 514 cm³/mol. The molecule has 0 radical (unpaired) electrons. The molecule has 4 aromatic heterocycles. The molecule has 18 rings (SSSR count). The van der Waals surface area contributed by atoms with Crippen molar-refractivity contribution in [3.63, 3.8) is 0 Å². The molecule has 6 aliphatic heterocycles. The SMILES string of the molecule is COc1ccc(N2C(=O)N(c3c(C)cccc3C)C(C)c3cnc(Cc4ccc(N5CCN(C)CC5)cc4)nc32)nc1.COc1ccc(N2C(=O)N(c3c(C)cccc3C)Cc3cnc(Nc4ccc(N5CCN(C)CC5)cc4)nc32)c(OC)c1.COc1ccc(N2C(=O)N(c3c(C)cccc3C)Cc3cnc(Nc4ccc(N5CCN(C)CC5)cc4OC)nc32)c(OC)c1. The third-order valence-electron chi connectivity index (χ3n) is 24.9.